The number of benzene rings is 2. The molecule has 0 aliphatic carbocycles. The zero-order valence-corrected chi connectivity index (χ0v) is 13.8. The molecule has 0 spiro atoms. The fraction of sp³-hybridized carbons (Fsp3) is 0.0769. The molecule has 8 heteroatoms. The molecule has 0 aliphatic heterocycles. The Bertz CT molecular complexity index is 778. The third kappa shape index (κ3) is 3.37. The van der Waals surface area contributed by atoms with Crippen LogP contribution < -0.4 is 9.46 Å². The molecule has 2 rings (SSSR count). The van der Waals surface area contributed by atoms with Crippen molar-refractivity contribution in [2.24, 2.45) is 0 Å². The SMILES string of the molecule is COc1c(S(=O)(=O)Nc2ccccc2Cl)ccc(Cl)c1Cl. The normalized spacial score (nSPS) is 11.2. The molecule has 0 aliphatic rings. The van der Waals surface area contributed by atoms with Gasteiger partial charge in [0.15, 0.2) is 5.75 Å². The molecular weight excluding hydrogens is 357 g/mol. The van der Waals surface area contributed by atoms with Crippen LogP contribution in [0.3, 0.4) is 0 Å². The molecule has 0 amide bonds. The van der Waals surface area contributed by atoms with Crippen molar-refractivity contribution in [1.82, 2.24) is 0 Å². The molecule has 112 valence electrons. The van der Waals surface area contributed by atoms with Crippen molar-refractivity contribution in [2.75, 3.05) is 11.8 Å². The third-order valence-corrected chi connectivity index (χ3v) is 5.13. The molecule has 4 nitrogen and oxygen atoms in total. The van der Waals surface area contributed by atoms with E-state index in [1.54, 1.807) is 24.3 Å². The Morgan fingerprint density at radius 2 is 1.67 bits per heavy atom. The smallest absolute Gasteiger partial charge is 0.265 e. The van der Waals surface area contributed by atoms with E-state index in [1.165, 1.54) is 19.2 Å². The molecule has 0 heterocycles. The highest BCUT2D eigenvalue weighted by Crippen LogP contribution is 2.38. The van der Waals surface area contributed by atoms with Gasteiger partial charge in [-0.2, -0.15) is 0 Å². The second-order valence-corrected chi connectivity index (χ2v) is 6.82. The number of ether oxygens (including phenoxy) is 1. The number of halogens is 3. The Kier molecular flexibility index (Phi) is 4.88. The number of rotatable bonds is 4. The molecule has 0 unspecified atom stereocenters. The van der Waals surface area contributed by atoms with Crippen LogP contribution in [0.15, 0.2) is 41.3 Å². The minimum absolute atomic E-state index is 0.0243. The highest BCUT2D eigenvalue weighted by molar-refractivity contribution is 7.92. The van der Waals surface area contributed by atoms with Gasteiger partial charge in [0, 0.05) is 0 Å². The number of nitrogens with one attached hydrogen (secondary N) is 1. The van der Waals surface area contributed by atoms with Crippen molar-refractivity contribution >= 4 is 50.5 Å². The van der Waals surface area contributed by atoms with E-state index in [0.717, 1.165) is 0 Å². The average molecular weight is 367 g/mol. The number of anilines is 1. The second kappa shape index (κ2) is 6.32. The number of methoxy groups -OCH3 is 1. The lowest BCUT2D eigenvalue weighted by Gasteiger charge is -2.14. The van der Waals surface area contributed by atoms with Crippen molar-refractivity contribution in [3.05, 3.63) is 51.5 Å². The summed E-state index contributed by atoms with van der Waals surface area (Å²) in [6.45, 7) is 0. The average Bonchev–Trinajstić information content (AvgIpc) is 2.43. The van der Waals surface area contributed by atoms with E-state index in [4.69, 9.17) is 39.5 Å². The second-order valence-electron chi connectivity index (χ2n) is 3.98. The first-order valence-electron chi connectivity index (χ1n) is 5.66. The van der Waals surface area contributed by atoms with Crippen molar-refractivity contribution in [3.8, 4) is 5.75 Å². The first-order chi connectivity index (χ1) is 9.86. The molecule has 0 aromatic heterocycles. The van der Waals surface area contributed by atoms with Crippen molar-refractivity contribution in [3.63, 3.8) is 0 Å². The monoisotopic (exact) mass is 365 g/mol. The minimum atomic E-state index is -3.92. The third-order valence-electron chi connectivity index (χ3n) is 2.63. The summed E-state index contributed by atoms with van der Waals surface area (Å²) in [6.07, 6.45) is 0. The fourth-order valence-corrected chi connectivity index (χ4v) is 3.60. The summed E-state index contributed by atoms with van der Waals surface area (Å²) in [4.78, 5) is -0.126. The summed E-state index contributed by atoms with van der Waals surface area (Å²) in [7, 11) is -2.61. The molecule has 1 N–H and O–H groups in total. The standard InChI is InChI=1S/C13H10Cl3NO3S/c1-20-13-11(7-6-9(15)12(13)16)21(18,19)17-10-5-3-2-4-8(10)14/h2-7,17H,1H3. The Hall–Kier alpha value is -1.14. The van der Waals surface area contributed by atoms with Gasteiger partial charge in [-0.05, 0) is 24.3 Å². The van der Waals surface area contributed by atoms with Gasteiger partial charge in [0.1, 0.15) is 9.92 Å². The maximum Gasteiger partial charge on any atom is 0.265 e. The van der Waals surface area contributed by atoms with Crippen LogP contribution in [0.1, 0.15) is 0 Å². The molecule has 0 saturated heterocycles. The number of hydrogen-bond donors (Lipinski definition) is 1. The molecule has 0 radical (unpaired) electrons. The summed E-state index contributed by atoms with van der Waals surface area (Å²) in [6, 6.07) is 9.17. The van der Waals surface area contributed by atoms with Crippen molar-refractivity contribution < 1.29 is 13.2 Å². The highest BCUT2D eigenvalue weighted by Gasteiger charge is 2.23. The van der Waals surface area contributed by atoms with Crippen LogP contribution in [-0.4, -0.2) is 15.5 Å². The maximum absolute atomic E-state index is 12.4. The molecule has 2 aromatic carbocycles. The summed E-state index contributed by atoms with van der Waals surface area (Å²) in [5, 5.41) is 0.506. The van der Waals surface area contributed by atoms with E-state index >= 15 is 0 Å². The molecule has 21 heavy (non-hydrogen) atoms. The number of sulfonamides is 1. The summed E-state index contributed by atoms with van der Waals surface area (Å²) in [5.41, 5.74) is 0.257. The lowest BCUT2D eigenvalue weighted by Crippen LogP contribution is -2.14. The molecule has 2 aromatic rings. The van der Waals surface area contributed by atoms with Crippen molar-refractivity contribution in [1.29, 1.82) is 0 Å². The lowest BCUT2D eigenvalue weighted by molar-refractivity contribution is 0.403. The van der Waals surface area contributed by atoms with Crippen LogP contribution in [0, 0.1) is 0 Å². The zero-order chi connectivity index (χ0) is 15.6. The first-order valence-corrected chi connectivity index (χ1v) is 8.28. The topological polar surface area (TPSA) is 55.4 Å². The van der Waals surface area contributed by atoms with Gasteiger partial charge in [0.25, 0.3) is 10.0 Å². The maximum atomic E-state index is 12.4. The Labute approximate surface area is 137 Å². The predicted octanol–water partition coefficient (Wildman–Crippen LogP) is 4.46. The number of hydrogen-bond acceptors (Lipinski definition) is 3. The summed E-state index contributed by atoms with van der Waals surface area (Å²) in [5.74, 6) is -0.0243. The van der Waals surface area contributed by atoms with E-state index in [-0.39, 0.29) is 31.4 Å². The van der Waals surface area contributed by atoms with Crippen LogP contribution in [0.4, 0.5) is 5.69 Å². The van der Waals surface area contributed by atoms with E-state index < -0.39 is 10.0 Å². The molecular formula is C13H10Cl3NO3S. The molecule has 0 bridgehead atoms. The zero-order valence-electron chi connectivity index (χ0n) is 10.7. The molecule has 0 saturated carbocycles. The Morgan fingerprint density at radius 1 is 1.00 bits per heavy atom. The van der Waals surface area contributed by atoms with Gasteiger partial charge < -0.3 is 4.74 Å². The predicted molar refractivity (Wildman–Crippen MR) is 85.3 cm³/mol. The van der Waals surface area contributed by atoms with E-state index in [9.17, 15) is 8.42 Å². The van der Waals surface area contributed by atoms with Gasteiger partial charge in [-0.1, -0.05) is 46.9 Å². The molecule has 0 atom stereocenters. The quantitative estimate of drug-likeness (QED) is 0.869. The van der Waals surface area contributed by atoms with E-state index in [2.05, 4.69) is 4.72 Å². The number of para-hydroxylation sites is 1. The van der Waals surface area contributed by atoms with E-state index in [1.807, 2.05) is 0 Å². The fourth-order valence-electron chi connectivity index (χ4n) is 1.66. The van der Waals surface area contributed by atoms with Gasteiger partial charge in [-0.25, -0.2) is 8.42 Å². The molecule has 0 fully saturated rings. The summed E-state index contributed by atoms with van der Waals surface area (Å²) >= 11 is 17.8. The van der Waals surface area contributed by atoms with Gasteiger partial charge >= 0.3 is 0 Å². The van der Waals surface area contributed by atoms with Gasteiger partial charge in [-0.3, -0.25) is 4.72 Å². The van der Waals surface area contributed by atoms with Gasteiger partial charge in [0.05, 0.1) is 22.8 Å². The van der Waals surface area contributed by atoms with Crippen LogP contribution in [-0.2, 0) is 10.0 Å². The highest BCUT2D eigenvalue weighted by atomic mass is 35.5. The Morgan fingerprint density at radius 3 is 2.29 bits per heavy atom. The largest absolute Gasteiger partial charge is 0.494 e. The Balaban J connectivity index is 2.51. The van der Waals surface area contributed by atoms with Crippen LogP contribution in [0.25, 0.3) is 0 Å². The summed E-state index contributed by atoms with van der Waals surface area (Å²) < 4.78 is 32.3. The van der Waals surface area contributed by atoms with E-state index in [0.29, 0.717) is 0 Å². The van der Waals surface area contributed by atoms with Gasteiger partial charge in [-0.15, -0.1) is 0 Å². The van der Waals surface area contributed by atoms with Crippen LogP contribution in [0.2, 0.25) is 15.1 Å². The lowest BCUT2D eigenvalue weighted by atomic mass is 10.3. The van der Waals surface area contributed by atoms with Gasteiger partial charge in [0.2, 0.25) is 0 Å². The first kappa shape index (κ1) is 16.2. The minimum Gasteiger partial charge on any atom is -0.494 e. The van der Waals surface area contributed by atoms with Crippen molar-refractivity contribution in [2.45, 2.75) is 4.90 Å². The van der Waals surface area contributed by atoms with Crippen LogP contribution >= 0.6 is 34.8 Å². The van der Waals surface area contributed by atoms with Crippen LogP contribution in [0.5, 0.6) is 5.75 Å².